The molecule has 1 N–H and O–H groups in total. The van der Waals surface area contributed by atoms with Crippen molar-refractivity contribution in [1.29, 1.82) is 0 Å². The minimum atomic E-state index is 0.342. The van der Waals surface area contributed by atoms with E-state index in [1.54, 1.807) is 11.3 Å². The summed E-state index contributed by atoms with van der Waals surface area (Å²) in [5, 5.41) is 6.77. The summed E-state index contributed by atoms with van der Waals surface area (Å²) in [4.78, 5) is 4.74. The van der Waals surface area contributed by atoms with Crippen LogP contribution in [0, 0.1) is 13.8 Å². The number of hydrogen-bond donors (Lipinski definition) is 1. The molecule has 19 heavy (non-hydrogen) atoms. The Kier molecular flexibility index (Phi) is 4.72. The number of aryl methyl sites for hydroxylation is 2. The van der Waals surface area contributed by atoms with E-state index >= 15 is 0 Å². The Hall–Kier alpha value is -1.19. The van der Waals surface area contributed by atoms with Gasteiger partial charge in [-0.05, 0) is 32.9 Å². The third kappa shape index (κ3) is 3.88. The minimum absolute atomic E-state index is 0.342. The molecule has 1 heterocycles. The summed E-state index contributed by atoms with van der Waals surface area (Å²) in [6.07, 6.45) is 0.937. The number of thiazole rings is 1. The van der Waals surface area contributed by atoms with Gasteiger partial charge in [0.1, 0.15) is 0 Å². The highest BCUT2D eigenvalue weighted by molar-refractivity contribution is 7.09. The van der Waals surface area contributed by atoms with Gasteiger partial charge in [-0.25, -0.2) is 4.98 Å². The van der Waals surface area contributed by atoms with Gasteiger partial charge in [0.05, 0.1) is 10.7 Å². The van der Waals surface area contributed by atoms with Crippen LogP contribution in [0.25, 0.3) is 0 Å². The van der Waals surface area contributed by atoms with Gasteiger partial charge >= 0.3 is 0 Å². The number of rotatable bonds is 5. The average molecular weight is 274 g/mol. The van der Waals surface area contributed by atoms with Crippen LogP contribution in [0.2, 0.25) is 0 Å². The molecule has 2 aromatic rings. The molecule has 0 spiro atoms. The lowest BCUT2D eigenvalue weighted by Gasteiger charge is -2.08. The van der Waals surface area contributed by atoms with Crippen LogP contribution in [0.15, 0.2) is 23.6 Å². The van der Waals surface area contributed by atoms with E-state index in [4.69, 9.17) is 4.98 Å². The maximum atomic E-state index is 4.74. The Morgan fingerprint density at radius 3 is 2.53 bits per heavy atom. The lowest BCUT2D eigenvalue weighted by molar-refractivity contribution is 0.585. The third-order valence-electron chi connectivity index (χ3n) is 3.16. The molecule has 0 aliphatic carbocycles. The molecule has 1 unspecified atom stereocenters. The van der Waals surface area contributed by atoms with Gasteiger partial charge < -0.3 is 5.32 Å². The summed E-state index contributed by atoms with van der Waals surface area (Å²) >= 11 is 1.76. The molecule has 2 rings (SSSR count). The predicted octanol–water partition coefficient (Wildman–Crippen LogP) is 4.02. The minimum Gasteiger partial charge on any atom is -0.309 e. The molecule has 0 radical (unpaired) electrons. The molecule has 3 heteroatoms. The van der Waals surface area contributed by atoms with Gasteiger partial charge in [-0.1, -0.05) is 36.2 Å². The molecule has 0 saturated heterocycles. The Balaban J connectivity index is 2.11. The molecule has 0 aliphatic rings. The Bertz CT molecular complexity index is 525. The van der Waals surface area contributed by atoms with Gasteiger partial charge in [0, 0.05) is 17.8 Å². The molecule has 0 fully saturated rings. The molecule has 0 bridgehead atoms. The first-order chi connectivity index (χ1) is 9.08. The average Bonchev–Trinajstić information content (AvgIpc) is 2.76. The van der Waals surface area contributed by atoms with Gasteiger partial charge in [0.25, 0.3) is 0 Å². The van der Waals surface area contributed by atoms with E-state index < -0.39 is 0 Å². The Labute approximate surface area is 119 Å². The van der Waals surface area contributed by atoms with Crippen LogP contribution >= 0.6 is 11.3 Å². The van der Waals surface area contributed by atoms with Crippen molar-refractivity contribution in [3.05, 3.63) is 51.0 Å². The van der Waals surface area contributed by atoms with E-state index in [2.05, 4.69) is 56.6 Å². The van der Waals surface area contributed by atoms with Gasteiger partial charge in [0.15, 0.2) is 0 Å². The highest BCUT2D eigenvalue weighted by Gasteiger charge is 2.09. The number of benzene rings is 1. The molecule has 2 nitrogen and oxygen atoms in total. The van der Waals surface area contributed by atoms with Crippen molar-refractivity contribution in [3.63, 3.8) is 0 Å². The van der Waals surface area contributed by atoms with Crippen molar-refractivity contribution in [1.82, 2.24) is 10.3 Å². The van der Waals surface area contributed by atoms with Crippen LogP contribution in [0.3, 0.4) is 0 Å². The van der Waals surface area contributed by atoms with E-state index in [0.29, 0.717) is 6.04 Å². The van der Waals surface area contributed by atoms with Crippen molar-refractivity contribution >= 4 is 11.3 Å². The molecule has 1 aromatic carbocycles. The first-order valence-electron chi connectivity index (χ1n) is 6.83. The molecular weight excluding hydrogens is 252 g/mol. The summed E-state index contributed by atoms with van der Waals surface area (Å²) in [6, 6.07) is 7.06. The highest BCUT2D eigenvalue weighted by atomic mass is 32.1. The molecule has 0 saturated carbocycles. The van der Waals surface area contributed by atoms with Gasteiger partial charge in [-0.2, -0.15) is 0 Å². The smallest absolute Gasteiger partial charge is 0.0972 e. The number of nitrogens with one attached hydrogen (secondary N) is 1. The van der Waals surface area contributed by atoms with Crippen molar-refractivity contribution < 1.29 is 0 Å². The van der Waals surface area contributed by atoms with Crippen molar-refractivity contribution in [2.45, 2.75) is 40.2 Å². The fourth-order valence-corrected chi connectivity index (χ4v) is 3.28. The van der Waals surface area contributed by atoms with Gasteiger partial charge in [-0.3, -0.25) is 0 Å². The zero-order valence-corrected chi connectivity index (χ0v) is 13.0. The Morgan fingerprint density at radius 2 is 1.89 bits per heavy atom. The molecule has 1 aromatic heterocycles. The number of aromatic nitrogens is 1. The fourth-order valence-electron chi connectivity index (χ4n) is 2.36. The molecule has 0 aliphatic heterocycles. The second-order valence-electron chi connectivity index (χ2n) is 5.12. The molecule has 102 valence electrons. The van der Waals surface area contributed by atoms with Crippen LogP contribution in [0.1, 0.15) is 47.3 Å². The van der Waals surface area contributed by atoms with Gasteiger partial charge in [-0.15, -0.1) is 11.3 Å². The first-order valence-corrected chi connectivity index (χ1v) is 7.71. The van der Waals surface area contributed by atoms with E-state index in [-0.39, 0.29) is 0 Å². The summed E-state index contributed by atoms with van der Waals surface area (Å²) in [5.41, 5.74) is 5.17. The monoisotopic (exact) mass is 274 g/mol. The second-order valence-corrected chi connectivity index (χ2v) is 6.06. The molecular formula is C16H22N2S. The molecule has 0 amide bonds. The van der Waals surface area contributed by atoms with Crippen LogP contribution in [-0.4, -0.2) is 11.5 Å². The van der Waals surface area contributed by atoms with Gasteiger partial charge in [0.2, 0.25) is 0 Å². The molecule has 1 atom stereocenters. The Morgan fingerprint density at radius 1 is 1.21 bits per heavy atom. The maximum absolute atomic E-state index is 4.74. The normalized spacial score (nSPS) is 12.6. The van der Waals surface area contributed by atoms with E-state index in [0.717, 1.165) is 18.7 Å². The lowest BCUT2D eigenvalue weighted by Crippen LogP contribution is -2.17. The van der Waals surface area contributed by atoms with E-state index in [1.807, 2.05) is 0 Å². The highest BCUT2D eigenvalue weighted by Crippen LogP contribution is 2.20. The standard InChI is InChI=1S/C16H22N2S/c1-5-17-13(4)15-10-19-16(18-15)9-14-7-11(2)6-12(3)8-14/h6-8,10,13,17H,5,9H2,1-4H3. The van der Waals surface area contributed by atoms with Crippen molar-refractivity contribution in [3.8, 4) is 0 Å². The van der Waals surface area contributed by atoms with Crippen molar-refractivity contribution in [2.24, 2.45) is 0 Å². The number of hydrogen-bond acceptors (Lipinski definition) is 3. The largest absolute Gasteiger partial charge is 0.309 e. The maximum Gasteiger partial charge on any atom is 0.0972 e. The van der Waals surface area contributed by atoms with Crippen LogP contribution in [0.5, 0.6) is 0 Å². The van der Waals surface area contributed by atoms with Crippen LogP contribution in [-0.2, 0) is 6.42 Å². The first kappa shape index (κ1) is 14.2. The zero-order valence-electron chi connectivity index (χ0n) is 12.2. The summed E-state index contributed by atoms with van der Waals surface area (Å²) in [6.45, 7) is 9.57. The third-order valence-corrected chi connectivity index (χ3v) is 4.03. The van der Waals surface area contributed by atoms with Crippen molar-refractivity contribution in [2.75, 3.05) is 6.54 Å². The lowest BCUT2D eigenvalue weighted by atomic mass is 10.1. The van der Waals surface area contributed by atoms with Crippen LogP contribution < -0.4 is 5.32 Å². The predicted molar refractivity (Wildman–Crippen MR) is 82.9 cm³/mol. The summed E-state index contributed by atoms with van der Waals surface area (Å²) < 4.78 is 0. The summed E-state index contributed by atoms with van der Waals surface area (Å²) in [7, 11) is 0. The zero-order chi connectivity index (χ0) is 13.8. The van der Waals surface area contributed by atoms with Crippen LogP contribution in [0.4, 0.5) is 0 Å². The summed E-state index contributed by atoms with van der Waals surface area (Å²) in [5.74, 6) is 0. The topological polar surface area (TPSA) is 24.9 Å². The second kappa shape index (κ2) is 6.31. The quantitative estimate of drug-likeness (QED) is 0.890. The fraction of sp³-hybridized carbons (Fsp3) is 0.438. The number of nitrogens with zero attached hydrogens (tertiary/aromatic N) is 1. The van der Waals surface area contributed by atoms with E-state index in [9.17, 15) is 0 Å². The van der Waals surface area contributed by atoms with E-state index in [1.165, 1.54) is 21.7 Å². The SMILES string of the molecule is CCNC(C)c1csc(Cc2cc(C)cc(C)c2)n1.